The van der Waals surface area contributed by atoms with Crippen molar-refractivity contribution in [3.63, 3.8) is 0 Å². The molecule has 5 nitrogen and oxygen atoms in total. The second-order valence-electron chi connectivity index (χ2n) is 9.10. The van der Waals surface area contributed by atoms with Gasteiger partial charge in [-0.1, -0.05) is 19.1 Å². The van der Waals surface area contributed by atoms with Gasteiger partial charge in [0.2, 0.25) is 0 Å². The summed E-state index contributed by atoms with van der Waals surface area (Å²) in [5.41, 5.74) is 1.76. The first-order valence-corrected chi connectivity index (χ1v) is 10.1. The van der Waals surface area contributed by atoms with Crippen LogP contribution in [0.5, 0.6) is 0 Å². The molecule has 5 heteroatoms. The lowest BCUT2D eigenvalue weighted by atomic mass is 9.60. The van der Waals surface area contributed by atoms with E-state index < -0.39 is 5.60 Å². The Hall–Kier alpha value is -2.04. The molecule has 2 aliphatic rings. The van der Waals surface area contributed by atoms with Gasteiger partial charge in [0.15, 0.2) is 0 Å². The van der Waals surface area contributed by atoms with E-state index >= 15 is 0 Å². The average Bonchev–Trinajstić information content (AvgIpc) is 2.59. The molecule has 0 radical (unpaired) electrons. The Morgan fingerprint density at radius 1 is 1.22 bits per heavy atom. The fraction of sp³-hybridized carbons (Fsp3) is 0.636. The van der Waals surface area contributed by atoms with Crippen molar-refractivity contribution in [2.75, 3.05) is 13.1 Å². The molecule has 1 saturated heterocycles. The van der Waals surface area contributed by atoms with Gasteiger partial charge in [0.25, 0.3) is 5.91 Å². The highest BCUT2D eigenvalue weighted by Crippen LogP contribution is 2.49. The van der Waals surface area contributed by atoms with Crippen molar-refractivity contribution >= 4 is 12.0 Å². The predicted octanol–water partition coefficient (Wildman–Crippen LogP) is 4.16. The normalized spacial score (nSPS) is 19.5. The van der Waals surface area contributed by atoms with Gasteiger partial charge < -0.3 is 15.0 Å². The van der Waals surface area contributed by atoms with E-state index in [4.69, 9.17) is 4.74 Å². The van der Waals surface area contributed by atoms with Crippen LogP contribution in [0.3, 0.4) is 0 Å². The van der Waals surface area contributed by atoms with E-state index in [0.717, 1.165) is 50.8 Å². The summed E-state index contributed by atoms with van der Waals surface area (Å²) in [5, 5.41) is 3.18. The fourth-order valence-corrected chi connectivity index (χ4v) is 4.19. The Morgan fingerprint density at radius 2 is 1.89 bits per heavy atom. The summed E-state index contributed by atoms with van der Waals surface area (Å²) in [5.74, 6) is 0.0244. The van der Waals surface area contributed by atoms with Crippen LogP contribution in [0.15, 0.2) is 24.3 Å². The second kappa shape index (κ2) is 7.53. The van der Waals surface area contributed by atoms with Gasteiger partial charge in [-0.15, -0.1) is 0 Å². The van der Waals surface area contributed by atoms with Gasteiger partial charge in [-0.25, -0.2) is 4.79 Å². The van der Waals surface area contributed by atoms with E-state index in [1.807, 2.05) is 49.9 Å². The fourth-order valence-electron chi connectivity index (χ4n) is 4.19. The molecule has 3 rings (SSSR count). The van der Waals surface area contributed by atoms with Gasteiger partial charge in [-0.2, -0.15) is 0 Å². The van der Waals surface area contributed by atoms with Crippen LogP contribution >= 0.6 is 0 Å². The Balaban J connectivity index is 1.46. The minimum absolute atomic E-state index is 0.0244. The second-order valence-corrected chi connectivity index (χ2v) is 9.10. The van der Waals surface area contributed by atoms with Crippen molar-refractivity contribution < 1.29 is 14.3 Å². The minimum atomic E-state index is -0.451. The largest absolute Gasteiger partial charge is 0.444 e. The molecule has 1 aromatic carbocycles. The minimum Gasteiger partial charge on any atom is -0.444 e. The lowest BCUT2D eigenvalue weighted by molar-refractivity contribution is -0.0151. The third-order valence-corrected chi connectivity index (χ3v) is 5.77. The molecule has 1 aromatic rings. The monoisotopic (exact) mass is 372 g/mol. The molecule has 1 N–H and O–H groups in total. The summed E-state index contributed by atoms with van der Waals surface area (Å²) in [4.78, 5) is 26.5. The van der Waals surface area contributed by atoms with E-state index in [0.29, 0.717) is 0 Å². The lowest BCUT2D eigenvalue weighted by Crippen LogP contribution is -2.55. The number of carbonyl (C=O) groups is 2. The van der Waals surface area contributed by atoms with Crippen LogP contribution in [0.2, 0.25) is 0 Å². The molecule has 0 aromatic heterocycles. The first kappa shape index (κ1) is 19.7. The lowest BCUT2D eigenvalue weighted by Gasteiger charge is -2.52. The number of ether oxygens (including phenoxy) is 1. The van der Waals surface area contributed by atoms with Gasteiger partial charge in [0, 0.05) is 24.7 Å². The maximum absolute atomic E-state index is 12.5. The standard InChI is InChI=1S/C22H32N2O3/c1-5-16-7-6-8-17(13-16)19(25)23-18-14-22(15-18)9-11-24(12-10-22)20(26)27-21(2,3)4/h6-8,13,18H,5,9-12,14-15H2,1-4H3,(H,23,25). The van der Waals surface area contributed by atoms with Gasteiger partial charge in [-0.05, 0) is 76.0 Å². The Kier molecular flexibility index (Phi) is 5.50. The van der Waals surface area contributed by atoms with E-state index in [9.17, 15) is 9.59 Å². The number of likely N-dealkylation sites (tertiary alicyclic amines) is 1. The Bertz CT molecular complexity index is 692. The van der Waals surface area contributed by atoms with E-state index in [2.05, 4.69) is 12.2 Å². The number of carbonyl (C=O) groups excluding carboxylic acids is 2. The highest BCUT2D eigenvalue weighted by molar-refractivity contribution is 5.94. The summed E-state index contributed by atoms with van der Waals surface area (Å²) in [7, 11) is 0. The molecule has 2 amide bonds. The van der Waals surface area contributed by atoms with Crippen LogP contribution in [0.4, 0.5) is 4.79 Å². The number of aryl methyl sites for hydroxylation is 1. The highest BCUT2D eigenvalue weighted by Gasteiger charge is 2.47. The van der Waals surface area contributed by atoms with Crippen molar-refractivity contribution in [2.24, 2.45) is 5.41 Å². The van der Waals surface area contributed by atoms with Crippen molar-refractivity contribution in [2.45, 2.75) is 71.4 Å². The molecule has 1 heterocycles. The van der Waals surface area contributed by atoms with Gasteiger partial charge in [0.05, 0.1) is 0 Å². The zero-order valence-corrected chi connectivity index (χ0v) is 17.0. The van der Waals surface area contributed by atoms with Crippen LogP contribution < -0.4 is 5.32 Å². The Labute approximate surface area is 162 Å². The number of nitrogens with one attached hydrogen (secondary N) is 1. The molecule has 148 valence electrons. The predicted molar refractivity (Wildman–Crippen MR) is 106 cm³/mol. The van der Waals surface area contributed by atoms with Crippen LogP contribution in [0.25, 0.3) is 0 Å². The molecule has 1 aliphatic carbocycles. The van der Waals surface area contributed by atoms with Crippen molar-refractivity contribution in [1.29, 1.82) is 0 Å². The summed E-state index contributed by atoms with van der Waals surface area (Å²) < 4.78 is 5.47. The Morgan fingerprint density at radius 3 is 2.48 bits per heavy atom. The number of amides is 2. The summed E-state index contributed by atoms with van der Waals surface area (Å²) in [6.45, 7) is 9.27. The molecule has 1 aliphatic heterocycles. The van der Waals surface area contributed by atoms with Crippen molar-refractivity contribution in [3.05, 3.63) is 35.4 Å². The maximum atomic E-state index is 12.5. The average molecular weight is 373 g/mol. The molecule has 1 saturated carbocycles. The van der Waals surface area contributed by atoms with E-state index in [-0.39, 0.29) is 23.5 Å². The molecule has 0 atom stereocenters. The number of hydrogen-bond acceptors (Lipinski definition) is 3. The third kappa shape index (κ3) is 4.82. The van der Waals surface area contributed by atoms with E-state index in [1.165, 1.54) is 5.56 Å². The summed E-state index contributed by atoms with van der Waals surface area (Å²) in [6.07, 6.45) is 4.72. The quantitative estimate of drug-likeness (QED) is 0.867. The molecule has 1 spiro atoms. The molecular weight excluding hydrogens is 340 g/mol. The number of rotatable bonds is 3. The van der Waals surface area contributed by atoms with Gasteiger partial charge in [-0.3, -0.25) is 4.79 Å². The summed E-state index contributed by atoms with van der Waals surface area (Å²) >= 11 is 0. The van der Waals surface area contributed by atoms with Crippen molar-refractivity contribution in [3.8, 4) is 0 Å². The maximum Gasteiger partial charge on any atom is 0.410 e. The topological polar surface area (TPSA) is 58.6 Å². The highest BCUT2D eigenvalue weighted by atomic mass is 16.6. The SMILES string of the molecule is CCc1cccc(C(=O)NC2CC3(CCN(C(=O)OC(C)(C)C)CC3)C2)c1. The molecule has 2 fully saturated rings. The van der Waals surface area contributed by atoms with Crippen molar-refractivity contribution in [1.82, 2.24) is 10.2 Å². The molecular formula is C22H32N2O3. The zero-order chi connectivity index (χ0) is 19.7. The number of benzene rings is 1. The number of nitrogens with zero attached hydrogens (tertiary/aromatic N) is 1. The van der Waals surface area contributed by atoms with Gasteiger partial charge in [0.1, 0.15) is 5.60 Å². The van der Waals surface area contributed by atoms with Crippen LogP contribution in [-0.2, 0) is 11.2 Å². The third-order valence-electron chi connectivity index (χ3n) is 5.77. The summed E-state index contributed by atoms with van der Waals surface area (Å²) in [6, 6.07) is 8.09. The number of hydrogen-bond donors (Lipinski definition) is 1. The first-order valence-electron chi connectivity index (χ1n) is 10.1. The first-order chi connectivity index (χ1) is 12.7. The van der Waals surface area contributed by atoms with Crippen LogP contribution in [0, 0.1) is 5.41 Å². The van der Waals surface area contributed by atoms with Crippen LogP contribution in [-0.4, -0.2) is 41.6 Å². The molecule has 0 bridgehead atoms. The van der Waals surface area contributed by atoms with Crippen LogP contribution in [0.1, 0.15) is 69.3 Å². The molecule has 0 unspecified atom stereocenters. The zero-order valence-electron chi connectivity index (χ0n) is 17.0. The number of piperidine rings is 1. The molecule has 27 heavy (non-hydrogen) atoms. The smallest absolute Gasteiger partial charge is 0.410 e. The van der Waals surface area contributed by atoms with E-state index in [1.54, 1.807) is 0 Å². The van der Waals surface area contributed by atoms with Gasteiger partial charge >= 0.3 is 6.09 Å².